The van der Waals surface area contributed by atoms with E-state index in [2.05, 4.69) is 35.5 Å². The zero-order valence-corrected chi connectivity index (χ0v) is 17.5. The summed E-state index contributed by atoms with van der Waals surface area (Å²) < 4.78 is 0. The van der Waals surface area contributed by atoms with Crippen molar-refractivity contribution in [2.45, 2.75) is 46.7 Å². The summed E-state index contributed by atoms with van der Waals surface area (Å²) in [6.45, 7) is 8.52. The maximum Gasteiger partial charge on any atom is 0.247 e. The first-order valence-corrected chi connectivity index (χ1v) is 10.0. The number of amides is 2. The lowest BCUT2D eigenvalue weighted by atomic mass is 10.0. The molecule has 0 spiro atoms. The van der Waals surface area contributed by atoms with Crippen molar-refractivity contribution in [3.8, 4) is 0 Å². The van der Waals surface area contributed by atoms with Gasteiger partial charge in [0.2, 0.25) is 11.8 Å². The van der Waals surface area contributed by atoms with Crippen LogP contribution in [0.25, 0.3) is 10.9 Å². The standard InChI is InChI=1S/C24H29N3O2/c1-15(2)12-22(28)27-23(19-8-6-5-7-9-19)24(29)25-14-18-10-11-21-20(13-18)16(3)17(4)26-21/h5-11,13,15,23,26H,12,14H2,1-4H3,(H,25,29)(H,27,28). The van der Waals surface area contributed by atoms with Gasteiger partial charge in [-0.25, -0.2) is 0 Å². The van der Waals surface area contributed by atoms with Crippen LogP contribution in [0.3, 0.4) is 0 Å². The van der Waals surface area contributed by atoms with Gasteiger partial charge in [-0.15, -0.1) is 0 Å². The van der Waals surface area contributed by atoms with Crippen LogP contribution < -0.4 is 10.6 Å². The minimum absolute atomic E-state index is 0.121. The molecule has 0 fully saturated rings. The highest BCUT2D eigenvalue weighted by atomic mass is 16.2. The lowest BCUT2D eigenvalue weighted by molar-refractivity contribution is -0.129. The van der Waals surface area contributed by atoms with Crippen molar-refractivity contribution in [3.05, 3.63) is 70.9 Å². The highest BCUT2D eigenvalue weighted by Crippen LogP contribution is 2.22. The Bertz CT molecular complexity index is 1010. The van der Waals surface area contributed by atoms with E-state index in [1.807, 2.05) is 56.3 Å². The van der Waals surface area contributed by atoms with E-state index >= 15 is 0 Å². The second-order valence-electron chi connectivity index (χ2n) is 7.98. The van der Waals surface area contributed by atoms with Crippen molar-refractivity contribution in [2.75, 3.05) is 0 Å². The molecular weight excluding hydrogens is 362 g/mol. The van der Waals surface area contributed by atoms with Crippen molar-refractivity contribution in [1.82, 2.24) is 15.6 Å². The molecule has 0 bridgehead atoms. The van der Waals surface area contributed by atoms with Crippen LogP contribution in [0.1, 0.15) is 48.7 Å². The molecule has 3 N–H and O–H groups in total. The van der Waals surface area contributed by atoms with E-state index in [0.29, 0.717) is 13.0 Å². The number of H-pyrrole nitrogens is 1. The van der Waals surface area contributed by atoms with Crippen molar-refractivity contribution in [1.29, 1.82) is 0 Å². The van der Waals surface area contributed by atoms with Crippen LogP contribution in [-0.4, -0.2) is 16.8 Å². The largest absolute Gasteiger partial charge is 0.358 e. The van der Waals surface area contributed by atoms with Crippen LogP contribution in [-0.2, 0) is 16.1 Å². The van der Waals surface area contributed by atoms with Crippen molar-refractivity contribution >= 4 is 22.7 Å². The second-order valence-corrected chi connectivity index (χ2v) is 7.98. The average molecular weight is 392 g/mol. The van der Waals surface area contributed by atoms with Gasteiger partial charge < -0.3 is 15.6 Å². The molecule has 0 saturated carbocycles. The molecule has 29 heavy (non-hydrogen) atoms. The molecule has 1 unspecified atom stereocenters. The Hall–Kier alpha value is -3.08. The molecule has 3 aromatic rings. The maximum absolute atomic E-state index is 12.9. The smallest absolute Gasteiger partial charge is 0.247 e. The molecule has 0 saturated heterocycles. The van der Waals surface area contributed by atoms with Gasteiger partial charge in [0.25, 0.3) is 0 Å². The van der Waals surface area contributed by atoms with Gasteiger partial charge in [-0.3, -0.25) is 9.59 Å². The first-order valence-electron chi connectivity index (χ1n) is 10.0. The van der Waals surface area contributed by atoms with Crippen LogP contribution in [0.4, 0.5) is 0 Å². The van der Waals surface area contributed by atoms with E-state index in [1.54, 1.807) is 0 Å². The quantitative estimate of drug-likeness (QED) is 0.562. The zero-order chi connectivity index (χ0) is 21.0. The number of carbonyl (C=O) groups excluding carboxylic acids is 2. The third-order valence-corrected chi connectivity index (χ3v) is 5.13. The number of carbonyl (C=O) groups is 2. The van der Waals surface area contributed by atoms with Gasteiger partial charge in [-0.2, -0.15) is 0 Å². The van der Waals surface area contributed by atoms with Crippen LogP contribution in [0.15, 0.2) is 48.5 Å². The predicted octanol–water partition coefficient (Wildman–Crippen LogP) is 4.30. The number of aromatic nitrogens is 1. The molecule has 0 radical (unpaired) electrons. The number of hydrogen-bond acceptors (Lipinski definition) is 2. The molecule has 0 aliphatic carbocycles. The van der Waals surface area contributed by atoms with Crippen molar-refractivity contribution in [3.63, 3.8) is 0 Å². The van der Waals surface area contributed by atoms with Crippen molar-refractivity contribution in [2.24, 2.45) is 5.92 Å². The molecule has 1 atom stereocenters. The maximum atomic E-state index is 12.9. The van der Waals surface area contributed by atoms with E-state index in [1.165, 1.54) is 10.9 Å². The third-order valence-electron chi connectivity index (χ3n) is 5.13. The monoisotopic (exact) mass is 391 g/mol. The molecule has 0 aliphatic heterocycles. The fraction of sp³-hybridized carbons (Fsp3) is 0.333. The topological polar surface area (TPSA) is 74.0 Å². The highest BCUT2D eigenvalue weighted by molar-refractivity contribution is 5.89. The molecule has 0 aliphatic rings. The number of nitrogens with one attached hydrogen (secondary N) is 3. The number of aromatic amines is 1. The van der Waals surface area contributed by atoms with E-state index in [4.69, 9.17) is 0 Å². The summed E-state index contributed by atoms with van der Waals surface area (Å²) in [6.07, 6.45) is 0.388. The molecule has 1 aromatic heterocycles. The Morgan fingerprint density at radius 3 is 2.45 bits per heavy atom. The Morgan fingerprint density at radius 1 is 1.03 bits per heavy atom. The van der Waals surface area contributed by atoms with Gasteiger partial charge in [0, 0.05) is 29.6 Å². The Morgan fingerprint density at radius 2 is 1.76 bits per heavy atom. The second kappa shape index (κ2) is 8.95. The van der Waals surface area contributed by atoms with E-state index < -0.39 is 6.04 Å². The minimum atomic E-state index is -0.706. The van der Waals surface area contributed by atoms with Crippen LogP contribution in [0.5, 0.6) is 0 Å². The van der Waals surface area contributed by atoms with Gasteiger partial charge >= 0.3 is 0 Å². The third kappa shape index (κ3) is 5.05. The Labute approximate surface area is 171 Å². The zero-order valence-electron chi connectivity index (χ0n) is 17.5. The lowest BCUT2D eigenvalue weighted by Crippen LogP contribution is -2.40. The van der Waals surface area contributed by atoms with Gasteiger partial charge in [-0.1, -0.05) is 50.2 Å². The summed E-state index contributed by atoms with van der Waals surface area (Å²) in [4.78, 5) is 28.6. The van der Waals surface area contributed by atoms with Crippen LogP contribution in [0, 0.1) is 19.8 Å². The number of hydrogen-bond donors (Lipinski definition) is 3. The van der Waals surface area contributed by atoms with Gasteiger partial charge in [0.15, 0.2) is 0 Å². The normalized spacial score (nSPS) is 12.2. The van der Waals surface area contributed by atoms with E-state index in [0.717, 1.165) is 22.3 Å². The Balaban J connectivity index is 1.74. The van der Waals surface area contributed by atoms with E-state index in [9.17, 15) is 9.59 Å². The molecular formula is C24H29N3O2. The molecule has 1 heterocycles. The number of fused-ring (bicyclic) bond motifs is 1. The summed E-state index contributed by atoms with van der Waals surface area (Å²) in [5.74, 6) is -0.103. The summed E-state index contributed by atoms with van der Waals surface area (Å²) in [5.41, 5.74) is 5.26. The fourth-order valence-electron chi connectivity index (χ4n) is 3.45. The van der Waals surface area contributed by atoms with Gasteiger partial charge in [-0.05, 0) is 48.6 Å². The molecule has 5 nitrogen and oxygen atoms in total. The minimum Gasteiger partial charge on any atom is -0.358 e. The first kappa shape index (κ1) is 20.6. The van der Waals surface area contributed by atoms with Gasteiger partial charge in [0.05, 0.1) is 0 Å². The fourth-order valence-corrected chi connectivity index (χ4v) is 3.45. The summed E-state index contributed by atoms with van der Waals surface area (Å²) in [6, 6.07) is 14.8. The first-order chi connectivity index (χ1) is 13.8. The van der Waals surface area contributed by atoms with Crippen molar-refractivity contribution < 1.29 is 9.59 Å². The Kier molecular flexibility index (Phi) is 6.37. The molecule has 152 valence electrons. The molecule has 5 heteroatoms. The number of aryl methyl sites for hydroxylation is 2. The van der Waals surface area contributed by atoms with Crippen LogP contribution >= 0.6 is 0 Å². The SMILES string of the molecule is Cc1[nH]c2ccc(CNC(=O)C(NC(=O)CC(C)C)c3ccccc3)cc2c1C. The summed E-state index contributed by atoms with van der Waals surface area (Å²) in [5, 5.41) is 7.04. The van der Waals surface area contributed by atoms with Crippen LogP contribution in [0.2, 0.25) is 0 Å². The van der Waals surface area contributed by atoms with E-state index in [-0.39, 0.29) is 17.7 Å². The highest BCUT2D eigenvalue weighted by Gasteiger charge is 2.22. The molecule has 2 aromatic carbocycles. The summed E-state index contributed by atoms with van der Waals surface area (Å²) in [7, 11) is 0. The summed E-state index contributed by atoms with van der Waals surface area (Å²) >= 11 is 0. The number of rotatable bonds is 7. The predicted molar refractivity (Wildman–Crippen MR) is 116 cm³/mol. The molecule has 3 rings (SSSR count). The number of benzene rings is 2. The molecule has 2 amide bonds. The lowest BCUT2D eigenvalue weighted by Gasteiger charge is -2.19. The van der Waals surface area contributed by atoms with Gasteiger partial charge in [0.1, 0.15) is 6.04 Å². The average Bonchev–Trinajstić information content (AvgIpc) is 2.98.